The summed E-state index contributed by atoms with van der Waals surface area (Å²) in [7, 11) is 0. The van der Waals surface area contributed by atoms with Crippen LogP contribution in [0, 0.1) is 6.92 Å². The lowest BCUT2D eigenvalue weighted by atomic mass is 10.1. The second-order valence-electron chi connectivity index (χ2n) is 4.20. The summed E-state index contributed by atoms with van der Waals surface area (Å²) >= 11 is 2.92. The molecule has 2 N–H and O–H groups in total. The highest BCUT2D eigenvalue weighted by molar-refractivity contribution is 9.10. The largest absolute Gasteiger partial charge is 0.494 e. The monoisotopic (exact) mass is 364 g/mol. The van der Waals surface area contributed by atoms with Crippen molar-refractivity contribution in [3.8, 4) is 11.6 Å². The van der Waals surface area contributed by atoms with Gasteiger partial charge in [0.1, 0.15) is 0 Å². The molecule has 9 heteroatoms. The van der Waals surface area contributed by atoms with Gasteiger partial charge in [0.25, 0.3) is 5.56 Å². The summed E-state index contributed by atoms with van der Waals surface area (Å²) in [5, 5.41) is 9.84. The summed E-state index contributed by atoms with van der Waals surface area (Å²) in [6, 6.07) is 3.09. The van der Waals surface area contributed by atoms with Crippen molar-refractivity contribution >= 4 is 15.9 Å². The molecule has 0 amide bonds. The standard InChI is InChI=1S/C12H8BrF3N2O3/c1-5-9(19)17-11(21)18(10(5)20)8-3-2-6(13)4-7(8)12(14,15)16/h2-4,20H,1H3,(H,17,19,21). The van der Waals surface area contributed by atoms with E-state index in [1.807, 2.05) is 4.98 Å². The summed E-state index contributed by atoms with van der Waals surface area (Å²) in [5.41, 5.74) is -3.98. The van der Waals surface area contributed by atoms with Crippen molar-refractivity contribution in [3.63, 3.8) is 0 Å². The van der Waals surface area contributed by atoms with Gasteiger partial charge >= 0.3 is 11.9 Å². The van der Waals surface area contributed by atoms with Crippen LogP contribution in [-0.2, 0) is 6.18 Å². The fourth-order valence-electron chi connectivity index (χ4n) is 1.77. The van der Waals surface area contributed by atoms with E-state index in [4.69, 9.17) is 0 Å². The van der Waals surface area contributed by atoms with Crippen molar-refractivity contribution in [1.82, 2.24) is 9.55 Å². The molecule has 1 heterocycles. The van der Waals surface area contributed by atoms with E-state index >= 15 is 0 Å². The molecule has 0 saturated heterocycles. The van der Waals surface area contributed by atoms with Crippen LogP contribution in [0.15, 0.2) is 32.3 Å². The number of aromatic nitrogens is 2. The van der Waals surface area contributed by atoms with Crippen molar-refractivity contribution in [3.05, 3.63) is 54.6 Å². The maximum Gasteiger partial charge on any atom is 0.418 e. The second kappa shape index (κ2) is 5.06. The number of aromatic hydroxyl groups is 1. The van der Waals surface area contributed by atoms with E-state index in [1.54, 1.807) is 0 Å². The van der Waals surface area contributed by atoms with Crippen LogP contribution >= 0.6 is 15.9 Å². The molecule has 21 heavy (non-hydrogen) atoms. The molecule has 0 fully saturated rings. The van der Waals surface area contributed by atoms with Crippen molar-refractivity contribution in [1.29, 1.82) is 0 Å². The zero-order valence-corrected chi connectivity index (χ0v) is 12.0. The molecule has 0 atom stereocenters. The van der Waals surface area contributed by atoms with E-state index < -0.39 is 34.6 Å². The average Bonchev–Trinajstić information content (AvgIpc) is 2.36. The number of rotatable bonds is 1. The van der Waals surface area contributed by atoms with Gasteiger partial charge in [-0.3, -0.25) is 9.78 Å². The average molecular weight is 365 g/mol. The Morgan fingerprint density at radius 3 is 2.48 bits per heavy atom. The molecule has 5 nitrogen and oxygen atoms in total. The fourth-order valence-corrected chi connectivity index (χ4v) is 2.13. The second-order valence-corrected chi connectivity index (χ2v) is 5.12. The Morgan fingerprint density at radius 1 is 1.29 bits per heavy atom. The Kier molecular flexibility index (Phi) is 3.70. The summed E-state index contributed by atoms with van der Waals surface area (Å²) in [4.78, 5) is 24.9. The zero-order chi connectivity index (χ0) is 15.9. The van der Waals surface area contributed by atoms with Crippen LogP contribution in [0.5, 0.6) is 5.88 Å². The van der Waals surface area contributed by atoms with Crippen LogP contribution in [0.2, 0.25) is 0 Å². The molecular formula is C12H8BrF3N2O3. The van der Waals surface area contributed by atoms with Gasteiger partial charge in [-0.15, -0.1) is 0 Å². The smallest absolute Gasteiger partial charge is 0.418 e. The number of nitrogens with zero attached hydrogens (tertiary/aromatic N) is 1. The lowest BCUT2D eigenvalue weighted by molar-refractivity contribution is -0.137. The highest BCUT2D eigenvalue weighted by atomic mass is 79.9. The Morgan fingerprint density at radius 2 is 1.90 bits per heavy atom. The Bertz CT molecular complexity index is 824. The third-order valence-corrected chi connectivity index (χ3v) is 3.31. The summed E-state index contributed by atoms with van der Waals surface area (Å²) in [5.74, 6) is -0.837. The van der Waals surface area contributed by atoms with Gasteiger partial charge in [-0.2, -0.15) is 13.2 Å². The van der Waals surface area contributed by atoms with Gasteiger partial charge in [-0.1, -0.05) is 15.9 Å². The number of nitrogens with one attached hydrogen (secondary N) is 1. The fraction of sp³-hybridized carbons (Fsp3) is 0.167. The third-order valence-electron chi connectivity index (χ3n) is 2.82. The first-order valence-corrected chi connectivity index (χ1v) is 6.34. The third kappa shape index (κ3) is 2.73. The molecule has 0 saturated carbocycles. The first-order chi connectivity index (χ1) is 9.62. The summed E-state index contributed by atoms with van der Waals surface area (Å²) < 4.78 is 39.8. The molecule has 0 aliphatic rings. The highest BCUT2D eigenvalue weighted by Crippen LogP contribution is 2.36. The number of alkyl halides is 3. The molecular weight excluding hydrogens is 357 g/mol. The van der Waals surface area contributed by atoms with Crippen molar-refractivity contribution in [2.24, 2.45) is 0 Å². The van der Waals surface area contributed by atoms with Crippen molar-refractivity contribution < 1.29 is 18.3 Å². The molecule has 0 radical (unpaired) electrons. The van der Waals surface area contributed by atoms with Gasteiger partial charge in [-0.05, 0) is 25.1 Å². The van der Waals surface area contributed by atoms with E-state index in [2.05, 4.69) is 15.9 Å². The summed E-state index contributed by atoms with van der Waals surface area (Å²) in [6.07, 6.45) is -4.74. The topological polar surface area (TPSA) is 75.1 Å². The number of hydrogen-bond acceptors (Lipinski definition) is 3. The van der Waals surface area contributed by atoms with E-state index in [9.17, 15) is 27.9 Å². The summed E-state index contributed by atoms with van der Waals surface area (Å²) in [6.45, 7) is 1.19. The van der Waals surface area contributed by atoms with E-state index in [1.165, 1.54) is 13.0 Å². The van der Waals surface area contributed by atoms with Crippen LogP contribution in [0.4, 0.5) is 13.2 Å². The van der Waals surface area contributed by atoms with Gasteiger partial charge in [0.2, 0.25) is 5.88 Å². The van der Waals surface area contributed by atoms with E-state index in [0.717, 1.165) is 12.1 Å². The molecule has 0 aliphatic heterocycles. The quantitative estimate of drug-likeness (QED) is 0.815. The Labute approximate surface area is 123 Å². The molecule has 1 aromatic carbocycles. The van der Waals surface area contributed by atoms with Crippen LogP contribution in [-0.4, -0.2) is 14.7 Å². The molecule has 2 aromatic rings. The molecule has 2 rings (SSSR count). The van der Waals surface area contributed by atoms with E-state index in [-0.39, 0.29) is 10.0 Å². The minimum atomic E-state index is -4.74. The predicted octanol–water partition coefficient (Wildman–Crippen LogP) is 2.32. The van der Waals surface area contributed by atoms with Gasteiger partial charge in [0.05, 0.1) is 16.8 Å². The molecule has 1 aromatic heterocycles. The number of H-pyrrole nitrogens is 1. The number of halogens is 4. The molecule has 0 aliphatic carbocycles. The minimum absolute atomic E-state index is 0.160. The minimum Gasteiger partial charge on any atom is -0.494 e. The Hall–Kier alpha value is -2.03. The van der Waals surface area contributed by atoms with Crippen molar-refractivity contribution in [2.75, 3.05) is 0 Å². The maximum absolute atomic E-state index is 13.1. The lowest BCUT2D eigenvalue weighted by Gasteiger charge is -2.16. The van der Waals surface area contributed by atoms with Crippen LogP contribution in [0.3, 0.4) is 0 Å². The van der Waals surface area contributed by atoms with Crippen LogP contribution < -0.4 is 11.2 Å². The number of benzene rings is 1. The highest BCUT2D eigenvalue weighted by Gasteiger charge is 2.35. The van der Waals surface area contributed by atoms with Gasteiger partial charge in [0.15, 0.2) is 0 Å². The SMILES string of the molecule is Cc1c(O)n(-c2ccc(Br)cc2C(F)(F)F)c(=O)[nH]c1=O. The number of hydrogen-bond donors (Lipinski definition) is 2. The first-order valence-electron chi connectivity index (χ1n) is 5.55. The molecule has 0 bridgehead atoms. The van der Waals surface area contributed by atoms with Gasteiger partial charge in [0, 0.05) is 4.47 Å². The van der Waals surface area contributed by atoms with Gasteiger partial charge in [-0.25, -0.2) is 9.36 Å². The lowest BCUT2D eigenvalue weighted by Crippen LogP contribution is -2.31. The Balaban J connectivity index is 2.90. The van der Waals surface area contributed by atoms with Crippen molar-refractivity contribution in [2.45, 2.75) is 13.1 Å². The normalized spacial score (nSPS) is 11.7. The van der Waals surface area contributed by atoms with E-state index in [0.29, 0.717) is 4.57 Å². The molecule has 112 valence electrons. The van der Waals surface area contributed by atoms with Gasteiger partial charge < -0.3 is 5.11 Å². The molecule has 0 spiro atoms. The predicted molar refractivity (Wildman–Crippen MR) is 71.8 cm³/mol. The first kappa shape index (κ1) is 15.4. The maximum atomic E-state index is 13.1. The zero-order valence-electron chi connectivity index (χ0n) is 10.5. The van der Waals surface area contributed by atoms with Crippen LogP contribution in [0.25, 0.3) is 5.69 Å². The molecule has 0 unspecified atom stereocenters. The van der Waals surface area contributed by atoms with Crippen LogP contribution in [0.1, 0.15) is 11.1 Å². The number of aromatic amines is 1.